The minimum atomic E-state index is -0.373. The first-order chi connectivity index (χ1) is 13.2. The molecule has 0 saturated heterocycles. The predicted octanol–water partition coefficient (Wildman–Crippen LogP) is 3.32. The highest BCUT2D eigenvalue weighted by molar-refractivity contribution is 5.89. The topological polar surface area (TPSA) is 52.6 Å². The van der Waals surface area contributed by atoms with Crippen molar-refractivity contribution < 1.29 is 19.1 Å². The van der Waals surface area contributed by atoms with Crippen molar-refractivity contribution in [3.8, 4) is 23.7 Å². The van der Waals surface area contributed by atoms with Crippen molar-refractivity contribution >= 4 is 11.9 Å². The molecule has 4 heteroatoms. The summed E-state index contributed by atoms with van der Waals surface area (Å²) in [7, 11) is 1.35. The predicted molar refractivity (Wildman–Crippen MR) is 101 cm³/mol. The lowest BCUT2D eigenvalue weighted by molar-refractivity contribution is 0.0482. The van der Waals surface area contributed by atoms with Gasteiger partial charge >= 0.3 is 11.9 Å². The summed E-state index contributed by atoms with van der Waals surface area (Å²) in [5.41, 5.74) is 1.82. The minimum Gasteiger partial charge on any atom is -0.465 e. The number of ether oxygens (including phenoxy) is 2. The summed E-state index contributed by atoms with van der Waals surface area (Å²) in [5.74, 6) is 11.5. The van der Waals surface area contributed by atoms with Gasteiger partial charge in [-0.1, -0.05) is 30.0 Å². The van der Waals surface area contributed by atoms with E-state index in [1.54, 1.807) is 36.4 Å². The van der Waals surface area contributed by atoms with Gasteiger partial charge < -0.3 is 9.47 Å². The van der Waals surface area contributed by atoms with Gasteiger partial charge in [0.1, 0.15) is 0 Å². The van der Waals surface area contributed by atoms with Crippen molar-refractivity contribution in [1.82, 2.24) is 0 Å². The number of carbonyl (C=O) groups is 2. The van der Waals surface area contributed by atoms with Gasteiger partial charge in [-0.05, 0) is 54.7 Å². The average Bonchev–Trinajstić information content (AvgIpc) is 3.48. The van der Waals surface area contributed by atoms with Gasteiger partial charge in [-0.2, -0.15) is 0 Å². The summed E-state index contributed by atoms with van der Waals surface area (Å²) < 4.78 is 9.97. The van der Waals surface area contributed by atoms with Crippen LogP contribution in [0.2, 0.25) is 0 Å². The van der Waals surface area contributed by atoms with Crippen molar-refractivity contribution in [2.45, 2.75) is 6.42 Å². The van der Waals surface area contributed by atoms with E-state index in [0.29, 0.717) is 17.7 Å². The molecule has 0 radical (unpaired) electrons. The van der Waals surface area contributed by atoms with Gasteiger partial charge in [0.2, 0.25) is 0 Å². The van der Waals surface area contributed by atoms with Crippen LogP contribution in [0.4, 0.5) is 0 Å². The van der Waals surface area contributed by atoms with Crippen LogP contribution < -0.4 is 0 Å². The van der Waals surface area contributed by atoms with Crippen LogP contribution in [0.3, 0.4) is 0 Å². The van der Waals surface area contributed by atoms with Crippen LogP contribution >= 0.6 is 0 Å². The van der Waals surface area contributed by atoms with Crippen molar-refractivity contribution in [2.24, 2.45) is 11.8 Å². The molecule has 1 aliphatic rings. The zero-order chi connectivity index (χ0) is 19.1. The zero-order valence-electron chi connectivity index (χ0n) is 14.9. The third-order valence-corrected chi connectivity index (χ3v) is 4.19. The first kappa shape index (κ1) is 18.3. The fraction of sp³-hybridized carbons (Fsp3) is 0.217. The SMILES string of the molecule is COC(=O)c1ccc(C#CC#C[C@@H]2C[C@H]2COC(=O)c2ccccc2)cc1. The molecule has 1 fully saturated rings. The van der Waals surface area contributed by atoms with Crippen LogP contribution in [0, 0.1) is 35.5 Å². The third-order valence-electron chi connectivity index (χ3n) is 4.19. The summed E-state index contributed by atoms with van der Waals surface area (Å²) in [6, 6.07) is 15.8. The molecule has 2 aromatic carbocycles. The largest absolute Gasteiger partial charge is 0.465 e. The van der Waals surface area contributed by atoms with Crippen molar-refractivity contribution in [2.75, 3.05) is 13.7 Å². The standard InChI is InChI=1S/C23H18O4/c1-26-22(24)19-13-11-17(12-14-19)7-5-6-10-20-15-21(20)16-27-23(25)18-8-3-2-4-9-18/h2-4,8-9,11-14,20-21H,15-16H2,1H3/t20-,21+/m1/s1. The molecule has 134 valence electrons. The van der Waals surface area contributed by atoms with E-state index in [1.165, 1.54) is 7.11 Å². The molecule has 3 rings (SSSR count). The van der Waals surface area contributed by atoms with Crippen LogP contribution in [-0.4, -0.2) is 25.7 Å². The lowest BCUT2D eigenvalue weighted by Crippen LogP contribution is -2.07. The van der Waals surface area contributed by atoms with Gasteiger partial charge in [-0.3, -0.25) is 0 Å². The highest BCUT2D eigenvalue weighted by atomic mass is 16.5. The number of esters is 2. The second-order valence-corrected chi connectivity index (χ2v) is 6.16. The van der Waals surface area contributed by atoms with E-state index < -0.39 is 0 Å². The maximum Gasteiger partial charge on any atom is 0.338 e. The van der Waals surface area contributed by atoms with Gasteiger partial charge in [0.15, 0.2) is 0 Å². The van der Waals surface area contributed by atoms with Gasteiger partial charge in [0.25, 0.3) is 0 Å². The minimum absolute atomic E-state index is 0.226. The van der Waals surface area contributed by atoms with Gasteiger partial charge in [-0.25, -0.2) is 9.59 Å². The highest BCUT2D eigenvalue weighted by Crippen LogP contribution is 2.37. The van der Waals surface area contributed by atoms with E-state index in [4.69, 9.17) is 4.74 Å². The van der Waals surface area contributed by atoms with Gasteiger partial charge in [0.05, 0.1) is 24.8 Å². The van der Waals surface area contributed by atoms with Gasteiger partial charge in [-0.15, -0.1) is 0 Å². The fourth-order valence-corrected chi connectivity index (χ4v) is 2.49. The molecular formula is C23H18O4. The molecule has 1 aliphatic carbocycles. The molecular weight excluding hydrogens is 340 g/mol. The van der Waals surface area contributed by atoms with Crippen molar-refractivity contribution in [3.63, 3.8) is 0 Å². The summed E-state index contributed by atoms with van der Waals surface area (Å²) >= 11 is 0. The molecule has 4 nitrogen and oxygen atoms in total. The highest BCUT2D eigenvalue weighted by Gasteiger charge is 2.36. The lowest BCUT2D eigenvalue weighted by atomic mass is 10.1. The Morgan fingerprint density at radius 2 is 1.67 bits per heavy atom. The van der Waals surface area contributed by atoms with Crippen LogP contribution in [0.5, 0.6) is 0 Å². The Balaban J connectivity index is 1.45. The molecule has 2 atom stereocenters. The Kier molecular flexibility index (Phi) is 5.92. The number of methoxy groups -OCH3 is 1. The van der Waals surface area contributed by atoms with E-state index in [2.05, 4.69) is 28.4 Å². The average molecular weight is 358 g/mol. The Bertz CT molecular complexity index is 937. The van der Waals surface area contributed by atoms with E-state index >= 15 is 0 Å². The molecule has 1 saturated carbocycles. The van der Waals surface area contributed by atoms with E-state index in [1.807, 2.05) is 18.2 Å². The fourth-order valence-electron chi connectivity index (χ4n) is 2.49. The Labute approximate surface area is 158 Å². The first-order valence-electron chi connectivity index (χ1n) is 8.59. The maximum atomic E-state index is 11.9. The molecule has 0 unspecified atom stereocenters. The lowest BCUT2D eigenvalue weighted by Gasteiger charge is -2.02. The number of hydrogen-bond acceptors (Lipinski definition) is 4. The second-order valence-electron chi connectivity index (χ2n) is 6.16. The van der Waals surface area contributed by atoms with E-state index in [9.17, 15) is 9.59 Å². The van der Waals surface area contributed by atoms with E-state index in [-0.39, 0.29) is 23.8 Å². The summed E-state index contributed by atoms with van der Waals surface area (Å²) in [5, 5.41) is 0. The summed E-state index contributed by atoms with van der Waals surface area (Å²) in [4.78, 5) is 23.2. The van der Waals surface area contributed by atoms with Crippen LogP contribution in [0.1, 0.15) is 32.7 Å². The number of benzene rings is 2. The molecule has 0 heterocycles. The van der Waals surface area contributed by atoms with Gasteiger partial charge in [0, 0.05) is 17.4 Å². The molecule has 0 aromatic heterocycles. The van der Waals surface area contributed by atoms with Crippen LogP contribution in [0.25, 0.3) is 0 Å². The first-order valence-corrected chi connectivity index (χ1v) is 8.59. The Morgan fingerprint density at radius 1 is 0.963 bits per heavy atom. The molecule has 0 spiro atoms. The van der Waals surface area contributed by atoms with Crippen LogP contribution in [-0.2, 0) is 9.47 Å². The quantitative estimate of drug-likeness (QED) is 0.621. The molecule has 27 heavy (non-hydrogen) atoms. The molecule has 0 aliphatic heterocycles. The van der Waals surface area contributed by atoms with E-state index in [0.717, 1.165) is 12.0 Å². The third kappa shape index (κ3) is 5.23. The second kappa shape index (κ2) is 8.74. The number of carbonyl (C=O) groups excluding carboxylic acids is 2. The molecule has 2 aromatic rings. The molecule has 0 bridgehead atoms. The number of rotatable bonds is 4. The zero-order valence-corrected chi connectivity index (χ0v) is 14.9. The van der Waals surface area contributed by atoms with Crippen molar-refractivity contribution in [3.05, 3.63) is 71.3 Å². The molecule has 0 amide bonds. The maximum absolute atomic E-state index is 11.9. The smallest absolute Gasteiger partial charge is 0.338 e. The Morgan fingerprint density at radius 3 is 2.37 bits per heavy atom. The normalized spacial score (nSPS) is 16.8. The summed E-state index contributed by atoms with van der Waals surface area (Å²) in [6.07, 6.45) is 0.921. The Hall–Kier alpha value is -3.50. The number of hydrogen-bond donors (Lipinski definition) is 0. The summed E-state index contributed by atoms with van der Waals surface area (Å²) in [6.45, 7) is 0.384. The monoisotopic (exact) mass is 358 g/mol. The molecule has 0 N–H and O–H groups in total. The van der Waals surface area contributed by atoms with Crippen molar-refractivity contribution in [1.29, 1.82) is 0 Å². The van der Waals surface area contributed by atoms with Crippen LogP contribution in [0.15, 0.2) is 54.6 Å².